The standard InChI is InChI=1S/C18H26O11/c19-6-9-11(21)12(22)14(24)18(27-9)29-16-10(7-20)28-17(15(25)13(16)23)26-8-4-2-1-3-5-8/h1-5,9-25H,6-7H2/t9?,10?,11-,12+,13+,14?,15?,16+,17+,18+/m0/s1. The van der Waals surface area contributed by atoms with E-state index in [1.54, 1.807) is 30.3 Å². The molecule has 3 rings (SSSR count). The number of hydrogen-bond acceptors (Lipinski definition) is 11. The predicted molar refractivity (Wildman–Crippen MR) is 93.5 cm³/mol. The summed E-state index contributed by atoms with van der Waals surface area (Å²) in [6.07, 6.45) is -14.8. The number of ether oxygens (including phenoxy) is 4. The fourth-order valence-corrected chi connectivity index (χ4v) is 3.29. The molecular weight excluding hydrogens is 392 g/mol. The average Bonchev–Trinajstić information content (AvgIpc) is 2.74. The lowest BCUT2D eigenvalue weighted by Gasteiger charge is -2.45. The maximum absolute atomic E-state index is 10.5. The number of benzene rings is 1. The Morgan fingerprint density at radius 2 is 1.28 bits per heavy atom. The molecular formula is C18H26O11. The fourth-order valence-electron chi connectivity index (χ4n) is 3.29. The van der Waals surface area contributed by atoms with Crippen LogP contribution in [0.3, 0.4) is 0 Å². The van der Waals surface area contributed by atoms with Crippen LogP contribution in [0.2, 0.25) is 0 Å². The second kappa shape index (κ2) is 9.62. The van der Waals surface area contributed by atoms with Crippen molar-refractivity contribution < 1.29 is 54.7 Å². The molecule has 29 heavy (non-hydrogen) atoms. The molecule has 2 aliphatic heterocycles. The number of rotatable bonds is 6. The molecule has 1 aromatic rings. The molecule has 0 bridgehead atoms. The van der Waals surface area contributed by atoms with Gasteiger partial charge in [0.05, 0.1) is 13.2 Å². The SMILES string of the molecule is OCC1O[C@@H](Oc2ccccc2)C(O)[C@@H](O)[C@@H]1O[C@H]1OC(CO)[C@H](O)[C@@H](O)C1O. The van der Waals surface area contributed by atoms with E-state index < -0.39 is 74.6 Å². The van der Waals surface area contributed by atoms with E-state index in [1.807, 2.05) is 0 Å². The second-order valence-electron chi connectivity index (χ2n) is 6.94. The van der Waals surface area contributed by atoms with Gasteiger partial charge in [-0.25, -0.2) is 0 Å². The van der Waals surface area contributed by atoms with Gasteiger partial charge < -0.3 is 54.7 Å². The van der Waals surface area contributed by atoms with Gasteiger partial charge in [0.2, 0.25) is 6.29 Å². The average molecular weight is 418 g/mol. The van der Waals surface area contributed by atoms with Gasteiger partial charge in [-0.05, 0) is 12.1 Å². The van der Waals surface area contributed by atoms with E-state index in [4.69, 9.17) is 18.9 Å². The van der Waals surface area contributed by atoms with Gasteiger partial charge >= 0.3 is 0 Å². The highest BCUT2D eigenvalue weighted by atomic mass is 16.7. The molecule has 11 heteroatoms. The molecule has 0 radical (unpaired) electrons. The summed E-state index contributed by atoms with van der Waals surface area (Å²) in [5.74, 6) is 0.369. The highest BCUT2D eigenvalue weighted by molar-refractivity contribution is 5.21. The summed E-state index contributed by atoms with van der Waals surface area (Å²) in [4.78, 5) is 0. The van der Waals surface area contributed by atoms with Crippen LogP contribution >= 0.6 is 0 Å². The largest absolute Gasteiger partial charge is 0.462 e. The molecule has 2 aliphatic rings. The van der Waals surface area contributed by atoms with Crippen molar-refractivity contribution in [1.29, 1.82) is 0 Å². The van der Waals surface area contributed by atoms with Crippen molar-refractivity contribution in [3.63, 3.8) is 0 Å². The first-order chi connectivity index (χ1) is 13.9. The minimum atomic E-state index is -1.71. The third-order valence-electron chi connectivity index (χ3n) is 4.96. The van der Waals surface area contributed by atoms with Crippen LogP contribution in [0.15, 0.2) is 30.3 Å². The van der Waals surface area contributed by atoms with Gasteiger partial charge in [-0.15, -0.1) is 0 Å². The van der Waals surface area contributed by atoms with Crippen molar-refractivity contribution in [3.8, 4) is 5.75 Å². The van der Waals surface area contributed by atoms with Crippen LogP contribution in [-0.4, -0.2) is 110 Å². The van der Waals surface area contributed by atoms with Crippen LogP contribution in [0.1, 0.15) is 0 Å². The normalized spacial score (nSPS) is 43.1. The Hall–Kier alpha value is -1.38. The first-order valence-electron chi connectivity index (χ1n) is 9.17. The number of para-hydroxylation sites is 1. The maximum Gasteiger partial charge on any atom is 0.229 e. The van der Waals surface area contributed by atoms with E-state index in [9.17, 15) is 35.7 Å². The van der Waals surface area contributed by atoms with Crippen LogP contribution < -0.4 is 4.74 Å². The Morgan fingerprint density at radius 1 is 0.690 bits per heavy atom. The van der Waals surface area contributed by atoms with Crippen molar-refractivity contribution in [1.82, 2.24) is 0 Å². The molecule has 7 N–H and O–H groups in total. The maximum atomic E-state index is 10.5. The minimum Gasteiger partial charge on any atom is -0.462 e. The Bertz CT molecular complexity index is 627. The molecule has 0 saturated carbocycles. The monoisotopic (exact) mass is 418 g/mol. The summed E-state index contributed by atoms with van der Waals surface area (Å²) < 4.78 is 21.7. The third kappa shape index (κ3) is 4.70. The highest BCUT2D eigenvalue weighted by Crippen LogP contribution is 2.30. The molecule has 4 unspecified atom stereocenters. The summed E-state index contributed by atoms with van der Waals surface area (Å²) in [7, 11) is 0. The molecule has 0 aliphatic carbocycles. The zero-order valence-corrected chi connectivity index (χ0v) is 15.3. The van der Waals surface area contributed by atoms with Crippen LogP contribution in [0.4, 0.5) is 0 Å². The second-order valence-corrected chi connectivity index (χ2v) is 6.94. The van der Waals surface area contributed by atoms with E-state index >= 15 is 0 Å². The van der Waals surface area contributed by atoms with Crippen LogP contribution in [-0.2, 0) is 14.2 Å². The molecule has 2 heterocycles. The molecule has 10 atom stereocenters. The Morgan fingerprint density at radius 3 is 1.90 bits per heavy atom. The minimum absolute atomic E-state index is 0.369. The first-order valence-corrected chi connectivity index (χ1v) is 9.17. The van der Waals surface area contributed by atoms with E-state index in [0.717, 1.165) is 0 Å². The van der Waals surface area contributed by atoms with Gasteiger partial charge in [-0.1, -0.05) is 18.2 Å². The molecule has 0 aromatic heterocycles. The predicted octanol–water partition coefficient (Wildman–Crippen LogP) is -3.31. The summed E-state index contributed by atoms with van der Waals surface area (Å²) in [5, 5.41) is 69.6. The van der Waals surface area contributed by atoms with Crippen LogP contribution in [0.25, 0.3) is 0 Å². The van der Waals surface area contributed by atoms with Crippen LogP contribution in [0.5, 0.6) is 5.75 Å². The van der Waals surface area contributed by atoms with Crippen LogP contribution in [0, 0.1) is 0 Å². The van der Waals surface area contributed by atoms with E-state index in [-0.39, 0.29) is 0 Å². The quantitative estimate of drug-likeness (QED) is 0.246. The topological polar surface area (TPSA) is 179 Å². The molecule has 11 nitrogen and oxygen atoms in total. The zero-order chi connectivity index (χ0) is 21.1. The summed E-state index contributed by atoms with van der Waals surface area (Å²) in [5.41, 5.74) is 0. The lowest BCUT2D eigenvalue weighted by molar-refractivity contribution is -0.352. The number of aliphatic hydroxyl groups excluding tert-OH is 7. The Balaban J connectivity index is 1.71. The van der Waals surface area contributed by atoms with Crippen molar-refractivity contribution in [2.45, 2.75) is 61.4 Å². The molecule has 2 fully saturated rings. The summed E-state index contributed by atoms with van der Waals surface area (Å²) in [6, 6.07) is 8.41. The van der Waals surface area contributed by atoms with E-state index in [1.165, 1.54) is 0 Å². The van der Waals surface area contributed by atoms with Gasteiger partial charge in [-0.3, -0.25) is 0 Å². The van der Waals surface area contributed by atoms with Gasteiger partial charge in [0, 0.05) is 0 Å². The van der Waals surface area contributed by atoms with Crippen molar-refractivity contribution in [2.24, 2.45) is 0 Å². The molecule has 0 amide bonds. The van der Waals surface area contributed by atoms with Crippen molar-refractivity contribution in [3.05, 3.63) is 30.3 Å². The number of hydrogen-bond donors (Lipinski definition) is 7. The van der Waals surface area contributed by atoms with E-state index in [2.05, 4.69) is 0 Å². The number of aliphatic hydroxyl groups is 7. The lowest BCUT2D eigenvalue weighted by Crippen LogP contribution is -2.65. The Labute approximate surface area is 166 Å². The van der Waals surface area contributed by atoms with Gasteiger partial charge in [0.1, 0.15) is 54.6 Å². The molecule has 1 aromatic carbocycles. The van der Waals surface area contributed by atoms with Gasteiger partial charge in [-0.2, -0.15) is 0 Å². The van der Waals surface area contributed by atoms with E-state index in [0.29, 0.717) is 5.75 Å². The van der Waals surface area contributed by atoms with Crippen molar-refractivity contribution in [2.75, 3.05) is 13.2 Å². The Kier molecular flexibility index (Phi) is 7.40. The summed E-state index contributed by atoms with van der Waals surface area (Å²) >= 11 is 0. The van der Waals surface area contributed by atoms with Gasteiger partial charge in [0.15, 0.2) is 6.29 Å². The highest BCUT2D eigenvalue weighted by Gasteiger charge is 2.51. The lowest BCUT2D eigenvalue weighted by atomic mass is 9.97. The smallest absolute Gasteiger partial charge is 0.229 e. The van der Waals surface area contributed by atoms with Crippen molar-refractivity contribution >= 4 is 0 Å². The molecule has 164 valence electrons. The molecule has 0 spiro atoms. The molecule has 2 saturated heterocycles. The fraction of sp³-hybridized carbons (Fsp3) is 0.667. The zero-order valence-electron chi connectivity index (χ0n) is 15.3. The first kappa shape index (κ1) is 22.3. The third-order valence-corrected chi connectivity index (χ3v) is 4.96. The van der Waals surface area contributed by atoms with Gasteiger partial charge in [0.25, 0.3) is 0 Å². The summed E-state index contributed by atoms with van der Waals surface area (Å²) in [6.45, 7) is -1.28.